The van der Waals surface area contributed by atoms with E-state index in [1.54, 1.807) is 14.2 Å². The summed E-state index contributed by atoms with van der Waals surface area (Å²) in [6, 6.07) is 15.0. The predicted octanol–water partition coefficient (Wildman–Crippen LogP) is 3.67. The second-order valence-electron chi connectivity index (χ2n) is 5.42. The van der Waals surface area contributed by atoms with Gasteiger partial charge in [-0.15, -0.1) is 0 Å². The van der Waals surface area contributed by atoms with Crippen molar-refractivity contribution < 1.29 is 9.47 Å². The third-order valence-electron chi connectivity index (χ3n) is 4.11. The zero-order chi connectivity index (χ0) is 14.7. The van der Waals surface area contributed by atoms with Crippen LogP contribution in [-0.2, 0) is 12.8 Å². The number of fused-ring (bicyclic) bond motifs is 1. The van der Waals surface area contributed by atoms with E-state index < -0.39 is 0 Å². The van der Waals surface area contributed by atoms with Crippen LogP contribution in [0.4, 0.5) is 5.69 Å². The molecule has 1 aliphatic carbocycles. The van der Waals surface area contributed by atoms with Crippen molar-refractivity contribution in [2.75, 3.05) is 19.5 Å². The summed E-state index contributed by atoms with van der Waals surface area (Å²) in [7, 11) is 3.38. The minimum absolute atomic E-state index is 0.431. The maximum absolute atomic E-state index is 5.44. The Morgan fingerprint density at radius 1 is 1.00 bits per heavy atom. The number of anilines is 1. The highest BCUT2D eigenvalue weighted by Gasteiger charge is 2.19. The smallest absolute Gasteiger partial charge is 0.142 e. The summed E-state index contributed by atoms with van der Waals surface area (Å²) in [5, 5.41) is 3.61. The second-order valence-corrected chi connectivity index (χ2v) is 5.42. The fourth-order valence-corrected chi connectivity index (χ4v) is 2.97. The van der Waals surface area contributed by atoms with Crippen LogP contribution in [0.25, 0.3) is 0 Å². The van der Waals surface area contributed by atoms with Gasteiger partial charge >= 0.3 is 0 Å². The van der Waals surface area contributed by atoms with E-state index in [1.807, 2.05) is 18.2 Å². The van der Waals surface area contributed by atoms with Gasteiger partial charge in [0.1, 0.15) is 11.5 Å². The Morgan fingerprint density at radius 2 is 1.81 bits per heavy atom. The molecule has 0 fully saturated rings. The normalized spacial score (nSPS) is 17.0. The maximum atomic E-state index is 5.44. The second kappa shape index (κ2) is 6.08. The molecule has 1 aliphatic rings. The van der Waals surface area contributed by atoms with Crippen LogP contribution in [0.1, 0.15) is 17.5 Å². The first-order valence-corrected chi connectivity index (χ1v) is 7.35. The Morgan fingerprint density at radius 3 is 2.57 bits per heavy atom. The van der Waals surface area contributed by atoms with E-state index in [0.717, 1.165) is 36.4 Å². The lowest BCUT2D eigenvalue weighted by atomic mass is 9.88. The number of ether oxygens (including phenoxy) is 2. The quantitative estimate of drug-likeness (QED) is 0.928. The van der Waals surface area contributed by atoms with Crippen LogP contribution in [0.15, 0.2) is 42.5 Å². The Balaban J connectivity index is 1.78. The third-order valence-corrected chi connectivity index (χ3v) is 4.11. The van der Waals surface area contributed by atoms with Crippen molar-refractivity contribution in [1.29, 1.82) is 0 Å². The first-order valence-electron chi connectivity index (χ1n) is 7.35. The molecule has 2 aromatic carbocycles. The zero-order valence-electron chi connectivity index (χ0n) is 12.6. The van der Waals surface area contributed by atoms with Gasteiger partial charge in [0.25, 0.3) is 0 Å². The maximum Gasteiger partial charge on any atom is 0.142 e. The summed E-state index contributed by atoms with van der Waals surface area (Å²) >= 11 is 0. The van der Waals surface area contributed by atoms with Crippen molar-refractivity contribution in [2.45, 2.75) is 25.3 Å². The Bertz CT molecular complexity index is 624. The summed E-state index contributed by atoms with van der Waals surface area (Å²) in [4.78, 5) is 0. The number of hydrogen-bond donors (Lipinski definition) is 1. The molecule has 2 aromatic rings. The summed E-state index contributed by atoms with van der Waals surface area (Å²) < 4.78 is 10.7. The van der Waals surface area contributed by atoms with Crippen LogP contribution in [0.2, 0.25) is 0 Å². The highest BCUT2D eigenvalue weighted by atomic mass is 16.5. The predicted molar refractivity (Wildman–Crippen MR) is 85.4 cm³/mol. The third kappa shape index (κ3) is 2.97. The van der Waals surface area contributed by atoms with E-state index in [2.05, 4.69) is 29.6 Å². The lowest BCUT2D eigenvalue weighted by Gasteiger charge is -2.27. The standard InChI is InChI=1S/C18H21NO2/c1-20-16-9-10-18(21-2)17(12-16)19-15-8-7-13-5-3-4-6-14(13)11-15/h3-6,9-10,12,15,19H,7-8,11H2,1-2H3. The van der Waals surface area contributed by atoms with Gasteiger partial charge in [0.15, 0.2) is 0 Å². The minimum atomic E-state index is 0.431. The molecule has 0 saturated carbocycles. The summed E-state index contributed by atoms with van der Waals surface area (Å²) in [5.74, 6) is 1.70. The monoisotopic (exact) mass is 283 g/mol. The lowest BCUT2D eigenvalue weighted by molar-refractivity contribution is 0.404. The van der Waals surface area contributed by atoms with Crippen LogP contribution in [0, 0.1) is 0 Å². The average molecular weight is 283 g/mol. The van der Waals surface area contributed by atoms with Crippen molar-refractivity contribution >= 4 is 5.69 Å². The van der Waals surface area contributed by atoms with Gasteiger partial charge < -0.3 is 14.8 Å². The fourth-order valence-electron chi connectivity index (χ4n) is 2.97. The number of rotatable bonds is 4. The highest BCUT2D eigenvalue weighted by molar-refractivity contribution is 5.60. The Labute approximate surface area is 125 Å². The van der Waals surface area contributed by atoms with Crippen molar-refractivity contribution in [2.24, 2.45) is 0 Å². The van der Waals surface area contributed by atoms with E-state index >= 15 is 0 Å². The molecule has 0 spiro atoms. The van der Waals surface area contributed by atoms with Crippen molar-refractivity contribution in [3.05, 3.63) is 53.6 Å². The van der Waals surface area contributed by atoms with E-state index in [0.29, 0.717) is 6.04 Å². The molecule has 0 bridgehead atoms. The van der Waals surface area contributed by atoms with Gasteiger partial charge in [0, 0.05) is 12.1 Å². The average Bonchev–Trinajstić information content (AvgIpc) is 2.54. The van der Waals surface area contributed by atoms with Gasteiger partial charge in [-0.25, -0.2) is 0 Å². The fraction of sp³-hybridized carbons (Fsp3) is 0.333. The molecule has 3 heteroatoms. The van der Waals surface area contributed by atoms with Crippen LogP contribution >= 0.6 is 0 Å². The molecule has 0 aliphatic heterocycles. The largest absolute Gasteiger partial charge is 0.497 e. The molecule has 3 rings (SSSR count). The Kier molecular flexibility index (Phi) is 4.00. The van der Waals surface area contributed by atoms with Gasteiger partial charge in [-0.1, -0.05) is 24.3 Å². The number of benzene rings is 2. The van der Waals surface area contributed by atoms with E-state index in [4.69, 9.17) is 9.47 Å². The van der Waals surface area contributed by atoms with Crippen LogP contribution in [0.3, 0.4) is 0 Å². The molecule has 0 amide bonds. The summed E-state index contributed by atoms with van der Waals surface area (Å²) in [6.45, 7) is 0. The zero-order valence-corrected chi connectivity index (χ0v) is 12.6. The highest BCUT2D eigenvalue weighted by Crippen LogP contribution is 2.31. The van der Waals surface area contributed by atoms with Gasteiger partial charge in [-0.05, 0) is 42.5 Å². The number of nitrogens with one attached hydrogen (secondary N) is 1. The molecule has 0 heterocycles. The molecule has 1 N–H and O–H groups in total. The number of methoxy groups -OCH3 is 2. The molecule has 21 heavy (non-hydrogen) atoms. The molecular weight excluding hydrogens is 262 g/mol. The van der Waals surface area contributed by atoms with Crippen LogP contribution < -0.4 is 14.8 Å². The van der Waals surface area contributed by atoms with Crippen LogP contribution in [0.5, 0.6) is 11.5 Å². The molecule has 1 atom stereocenters. The van der Waals surface area contributed by atoms with E-state index in [1.165, 1.54) is 11.1 Å². The lowest BCUT2D eigenvalue weighted by Crippen LogP contribution is -2.27. The number of aryl methyl sites for hydroxylation is 1. The van der Waals surface area contributed by atoms with Crippen molar-refractivity contribution in [3.8, 4) is 11.5 Å². The van der Waals surface area contributed by atoms with Gasteiger partial charge in [-0.3, -0.25) is 0 Å². The van der Waals surface area contributed by atoms with Crippen molar-refractivity contribution in [1.82, 2.24) is 0 Å². The van der Waals surface area contributed by atoms with Gasteiger partial charge in [0.2, 0.25) is 0 Å². The van der Waals surface area contributed by atoms with Crippen molar-refractivity contribution in [3.63, 3.8) is 0 Å². The molecule has 0 aromatic heterocycles. The van der Waals surface area contributed by atoms with Gasteiger partial charge in [-0.2, -0.15) is 0 Å². The molecular formula is C18H21NO2. The minimum Gasteiger partial charge on any atom is -0.497 e. The molecule has 0 radical (unpaired) electrons. The van der Waals surface area contributed by atoms with Crippen LogP contribution in [-0.4, -0.2) is 20.3 Å². The van der Waals surface area contributed by atoms with Gasteiger partial charge in [0.05, 0.1) is 19.9 Å². The SMILES string of the molecule is COc1ccc(OC)c(NC2CCc3ccccc3C2)c1. The molecule has 0 saturated heterocycles. The topological polar surface area (TPSA) is 30.5 Å². The summed E-state index contributed by atoms with van der Waals surface area (Å²) in [5.41, 5.74) is 3.93. The van der Waals surface area contributed by atoms with E-state index in [9.17, 15) is 0 Å². The summed E-state index contributed by atoms with van der Waals surface area (Å²) in [6.07, 6.45) is 3.31. The van der Waals surface area contributed by atoms with E-state index in [-0.39, 0.29) is 0 Å². The molecule has 3 nitrogen and oxygen atoms in total. The first kappa shape index (κ1) is 13.8. The number of hydrogen-bond acceptors (Lipinski definition) is 3. The first-order chi connectivity index (χ1) is 10.3. The molecule has 1 unspecified atom stereocenters. The Hall–Kier alpha value is -2.16. The molecule has 110 valence electrons.